The number of nitrogens with one attached hydrogen (secondary N) is 1. The first-order chi connectivity index (χ1) is 13.7. The van der Waals surface area contributed by atoms with Gasteiger partial charge in [-0.25, -0.2) is 0 Å². The molecule has 0 atom stereocenters. The first kappa shape index (κ1) is 18.7. The Morgan fingerprint density at radius 2 is 1.71 bits per heavy atom. The summed E-state index contributed by atoms with van der Waals surface area (Å²) in [4.78, 5) is 16.6. The van der Waals surface area contributed by atoms with Gasteiger partial charge in [-0.3, -0.25) is 4.79 Å². The number of carbonyl (C=O) groups excluding carboxylic acids is 1. The third-order valence-electron chi connectivity index (χ3n) is 5.47. The molecule has 1 aromatic carbocycles. The summed E-state index contributed by atoms with van der Waals surface area (Å²) in [6, 6.07) is 11.9. The van der Waals surface area contributed by atoms with Crippen LogP contribution in [0.5, 0.6) is 0 Å². The zero-order valence-corrected chi connectivity index (χ0v) is 16.3. The summed E-state index contributed by atoms with van der Waals surface area (Å²) < 4.78 is 5.28. The van der Waals surface area contributed by atoms with Crippen LogP contribution >= 0.6 is 0 Å². The van der Waals surface area contributed by atoms with E-state index in [2.05, 4.69) is 51.6 Å². The number of hydrogen-bond donors (Lipinski definition) is 1. The number of benzene rings is 1. The van der Waals surface area contributed by atoms with Crippen molar-refractivity contribution < 1.29 is 9.53 Å². The van der Waals surface area contributed by atoms with Gasteiger partial charge in [-0.2, -0.15) is 0 Å². The molecule has 0 radical (unpaired) electrons. The largest absolute Gasteiger partial charge is 0.378 e. The monoisotopic (exact) mass is 381 g/mol. The van der Waals surface area contributed by atoms with Crippen LogP contribution in [0.2, 0.25) is 0 Å². The summed E-state index contributed by atoms with van der Waals surface area (Å²) in [7, 11) is 0. The van der Waals surface area contributed by atoms with Crippen molar-refractivity contribution in [3.05, 3.63) is 42.1 Å². The fourth-order valence-electron chi connectivity index (χ4n) is 3.61. The van der Waals surface area contributed by atoms with E-state index in [1.807, 2.05) is 0 Å². The second-order valence-electron chi connectivity index (χ2n) is 7.55. The number of carbonyl (C=O) groups is 1. The van der Waals surface area contributed by atoms with E-state index in [4.69, 9.17) is 4.74 Å². The number of morpholine rings is 1. The topological polar surface area (TPSA) is 70.6 Å². The first-order valence-electron chi connectivity index (χ1n) is 10.0. The van der Waals surface area contributed by atoms with Gasteiger partial charge in [-0.05, 0) is 55.2 Å². The van der Waals surface area contributed by atoms with Gasteiger partial charge in [0.1, 0.15) is 0 Å². The number of piperidine rings is 1. The molecule has 0 aliphatic carbocycles. The van der Waals surface area contributed by atoms with E-state index < -0.39 is 0 Å². The Kier molecular flexibility index (Phi) is 5.71. The van der Waals surface area contributed by atoms with E-state index in [1.54, 1.807) is 17.0 Å². The van der Waals surface area contributed by atoms with Crippen molar-refractivity contribution in [1.29, 1.82) is 0 Å². The molecule has 0 saturated carbocycles. The molecule has 2 saturated heterocycles. The maximum absolute atomic E-state index is 12.4. The number of aromatic nitrogens is 2. The maximum atomic E-state index is 12.4. The Labute approximate surface area is 165 Å². The Morgan fingerprint density at radius 3 is 2.36 bits per heavy atom. The van der Waals surface area contributed by atoms with Gasteiger partial charge in [0.05, 0.1) is 13.2 Å². The van der Waals surface area contributed by atoms with Crippen LogP contribution in [-0.4, -0.2) is 60.4 Å². The number of anilines is 3. The molecule has 2 aliphatic rings. The molecule has 0 bridgehead atoms. The number of rotatable bonds is 4. The standard InChI is InChI=1S/C21H27N5O2/c1-16-8-10-25(11-9-16)18-4-2-17(3-5-18)22-20-7-6-19(23-24-20)21(27)26-12-14-28-15-13-26/h2-7,16H,8-15H2,1H3,(H,22,24). The highest BCUT2D eigenvalue weighted by molar-refractivity contribution is 5.92. The highest BCUT2D eigenvalue weighted by atomic mass is 16.5. The predicted molar refractivity (Wildman–Crippen MR) is 109 cm³/mol. The SMILES string of the molecule is CC1CCN(c2ccc(Nc3ccc(C(=O)N4CCOCC4)nn3)cc2)CC1. The summed E-state index contributed by atoms with van der Waals surface area (Å²) in [6.07, 6.45) is 2.51. The second kappa shape index (κ2) is 8.56. The van der Waals surface area contributed by atoms with E-state index in [0.29, 0.717) is 37.8 Å². The Morgan fingerprint density at radius 1 is 1.00 bits per heavy atom. The Bertz CT molecular complexity index is 779. The molecule has 7 nitrogen and oxygen atoms in total. The van der Waals surface area contributed by atoms with Gasteiger partial charge in [0.2, 0.25) is 0 Å². The zero-order chi connectivity index (χ0) is 19.3. The second-order valence-corrected chi connectivity index (χ2v) is 7.55. The van der Waals surface area contributed by atoms with Crippen LogP contribution in [0, 0.1) is 5.92 Å². The molecule has 2 aliphatic heterocycles. The fraction of sp³-hybridized carbons (Fsp3) is 0.476. The van der Waals surface area contributed by atoms with Crippen LogP contribution in [0.25, 0.3) is 0 Å². The fourth-order valence-corrected chi connectivity index (χ4v) is 3.61. The van der Waals surface area contributed by atoms with Crippen molar-refractivity contribution >= 4 is 23.1 Å². The van der Waals surface area contributed by atoms with Gasteiger partial charge in [0.15, 0.2) is 11.5 Å². The number of nitrogens with zero attached hydrogens (tertiary/aromatic N) is 4. The number of amides is 1. The molecular formula is C21H27N5O2. The first-order valence-corrected chi connectivity index (χ1v) is 10.0. The molecule has 0 unspecified atom stereocenters. The Balaban J connectivity index is 1.35. The van der Waals surface area contributed by atoms with Crippen LogP contribution in [0.4, 0.5) is 17.2 Å². The quantitative estimate of drug-likeness (QED) is 0.878. The summed E-state index contributed by atoms with van der Waals surface area (Å²) in [6.45, 7) is 6.92. The molecule has 28 heavy (non-hydrogen) atoms. The molecule has 1 N–H and O–H groups in total. The zero-order valence-electron chi connectivity index (χ0n) is 16.3. The summed E-state index contributed by atoms with van der Waals surface area (Å²) in [5, 5.41) is 11.5. The van der Waals surface area contributed by atoms with Crippen LogP contribution in [0.1, 0.15) is 30.3 Å². The van der Waals surface area contributed by atoms with E-state index in [-0.39, 0.29) is 5.91 Å². The van der Waals surface area contributed by atoms with Crippen LogP contribution < -0.4 is 10.2 Å². The Hall–Kier alpha value is -2.67. The molecule has 2 fully saturated rings. The minimum absolute atomic E-state index is 0.0949. The molecule has 2 aromatic rings. The van der Waals surface area contributed by atoms with Crippen LogP contribution in [0.15, 0.2) is 36.4 Å². The average molecular weight is 381 g/mol. The smallest absolute Gasteiger partial charge is 0.274 e. The van der Waals surface area contributed by atoms with Gasteiger partial charge in [-0.15, -0.1) is 10.2 Å². The molecular weight excluding hydrogens is 354 g/mol. The molecule has 0 spiro atoms. The summed E-state index contributed by atoms with van der Waals surface area (Å²) >= 11 is 0. The predicted octanol–water partition coefficient (Wildman–Crippen LogP) is 2.93. The minimum Gasteiger partial charge on any atom is -0.378 e. The summed E-state index contributed by atoms with van der Waals surface area (Å²) in [5.74, 6) is 1.36. The molecule has 4 rings (SSSR count). The van der Waals surface area contributed by atoms with Crippen molar-refractivity contribution in [2.45, 2.75) is 19.8 Å². The van der Waals surface area contributed by atoms with E-state index >= 15 is 0 Å². The van der Waals surface area contributed by atoms with Crippen LogP contribution in [0.3, 0.4) is 0 Å². The molecule has 1 amide bonds. The van der Waals surface area contributed by atoms with Crippen molar-refractivity contribution in [2.24, 2.45) is 5.92 Å². The van der Waals surface area contributed by atoms with Crippen LogP contribution in [-0.2, 0) is 4.74 Å². The number of hydrogen-bond acceptors (Lipinski definition) is 6. The van der Waals surface area contributed by atoms with Gasteiger partial charge in [0, 0.05) is 37.6 Å². The van der Waals surface area contributed by atoms with Crippen molar-refractivity contribution in [3.8, 4) is 0 Å². The molecule has 3 heterocycles. The lowest BCUT2D eigenvalue weighted by Gasteiger charge is -2.32. The van der Waals surface area contributed by atoms with Gasteiger partial charge < -0.3 is 19.9 Å². The van der Waals surface area contributed by atoms with E-state index in [1.165, 1.54) is 18.5 Å². The summed E-state index contributed by atoms with van der Waals surface area (Å²) in [5.41, 5.74) is 2.58. The highest BCUT2D eigenvalue weighted by Gasteiger charge is 2.20. The minimum atomic E-state index is -0.0949. The van der Waals surface area contributed by atoms with Gasteiger partial charge >= 0.3 is 0 Å². The van der Waals surface area contributed by atoms with E-state index in [0.717, 1.165) is 24.7 Å². The highest BCUT2D eigenvalue weighted by Crippen LogP contribution is 2.25. The molecule has 1 aromatic heterocycles. The normalized spacial score (nSPS) is 18.2. The molecule has 7 heteroatoms. The van der Waals surface area contributed by atoms with Gasteiger partial charge in [-0.1, -0.05) is 6.92 Å². The lowest BCUT2D eigenvalue weighted by atomic mass is 9.99. The van der Waals surface area contributed by atoms with Crippen molar-refractivity contribution in [2.75, 3.05) is 49.6 Å². The van der Waals surface area contributed by atoms with Crippen molar-refractivity contribution in [3.63, 3.8) is 0 Å². The average Bonchev–Trinajstić information content (AvgIpc) is 2.76. The van der Waals surface area contributed by atoms with E-state index in [9.17, 15) is 4.79 Å². The number of ether oxygens (including phenoxy) is 1. The maximum Gasteiger partial charge on any atom is 0.274 e. The lowest BCUT2D eigenvalue weighted by Crippen LogP contribution is -2.41. The third kappa shape index (κ3) is 4.42. The lowest BCUT2D eigenvalue weighted by molar-refractivity contribution is 0.0298. The van der Waals surface area contributed by atoms with Gasteiger partial charge in [0.25, 0.3) is 5.91 Å². The van der Waals surface area contributed by atoms with Crippen molar-refractivity contribution in [1.82, 2.24) is 15.1 Å². The molecule has 148 valence electrons. The third-order valence-corrected chi connectivity index (χ3v) is 5.47.